The molecular weight excluding hydrogens is 513 g/mol. The molecule has 1 aliphatic heterocycles. The Balaban J connectivity index is 0.00000256. The van der Waals surface area contributed by atoms with Crippen molar-refractivity contribution in [1.29, 1.82) is 0 Å². The van der Waals surface area contributed by atoms with Crippen LogP contribution in [0.15, 0.2) is 66.2 Å². The van der Waals surface area contributed by atoms with Crippen LogP contribution in [0.25, 0.3) is 5.69 Å². The molecule has 158 valence electrons. The van der Waals surface area contributed by atoms with Crippen LogP contribution in [0, 0.1) is 0 Å². The van der Waals surface area contributed by atoms with Gasteiger partial charge >= 0.3 is 0 Å². The Kier molecular flexibility index (Phi) is 7.92. The summed E-state index contributed by atoms with van der Waals surface area (Å²) in [4.78, 5) is 10.7. The molecule has 1 saturated heterocycles. The molecule has 0 radical (unpaired) electrons. The number of anilines is 1. The van der Waals surface area contributed by atoms with Gasteiger partial charge in [-0.15, -0.1) is 24.0 Å². The fourth-order valence-corrected chi connectivity index (χ4v) is 3.65. The van der Waals surface area contributed by atoms with Crippen LogP contribution >= 0.6 is 35.6 Å². The number of benzene rings is 2. The van der Waals surface area contributed by atoms with Crippen LogP contribution in [-0.2, 0) is 6.54 Å². The number of hydrogen-bond acceptors (Lipinski definition) is 4. The Bertz CT molecular complexity index is 960. The van der Waals surface area contributed by atoms with Gasteiger partial charge in [0.15, 0.2) is 5.96 Å². The zero-order chi connectivity index (χ0) is 20.1. The molecule has 0 amide bonds. The molecule has 0 aliphatic carbocycles. The van der Waals surface area contributed by atoms with E-state index < -0.39 is 0 Å². The SMILES string of the molecule is CN=C(NCc1ccc(-n2cncn2)cc1)NC1CCN(c2cccc(Cl)c2)C1.I. The molecule has 0 bridgehead atoms. The molecule has 1 fully saturated rings. The van der Waals surface area contributed by atoms with E-state index in [0.29, 0.717) is 12.6 Å². The lowest BCUT2D eigenvalue weighted by Gasteiger charge is -2.20. The molecular formula is C21H25ClIN7. The standard InChI is InChI=1S/C21H24ClN7.HI/c1-23-21(25-12-16-5-7-19(8-6-16)29-15-24-14-26-29)27-18-9-10-28(13-18)20-4-2-3-17(22)11-20;/h2-8,11,14-15,18H,9-10,12-13H2,1H3,(H2,23,25,27);1H. The molecule has 4 rings (SSSR count). The predicted molar refractivity (Wildman–Crippen MR) is 132 cm³/mol. The van der Waals surface area contributed by atoms with Crippen molar-refractivity contribution in [2.45, 2.75) is 19.0 Å². The molecule has 0 saturated carbocycles. The summed E-state index contributed by atoms with van der Waals surface area (Å²) in [6.45, 7) is 2.62. The third-order valence-electron chi connectivity index (χ3n) is 5.01. The Hall–Kier alpha value is -2.33. The van der Waals surface area contributed by atoms with E-state index in [9.17, 15) is 0 Å². The summed E-state index contributed by atoms with van der Waals surface area (Å²) in [5, 5.41) is 11.8. The summed E-state index contributed by atoms with van der Waals surface area (Å²) in [7, 11) is 1.80. The zero-order valence-electron chi connectivity index (χ0n) is 16.7. The molecule has 1 atom stereocenters. The number of rotatable bonds is 5. The quantitative estimate of drug-likeness (QED) is 0.296. The van der Waals surface area contributed by atoms with Gasteiger partial charge in [0.05, 0.1) is 5.69 Å². The van der Waals surface area contributed by atoms with Crippen LogP contribution in [0.4, 0.5) is 5.69 Å². The number of aliphatic imine (C=N–C) groups is 1. The minimum absolute atomic E-state index is 0. The summed E-state index contributed by atoms with van der Waals surface area (Å²) in [6, 6.07) is 16.6. The van der Waals surface area contributed by atoms with Crippen molar-refractivity contribution in [2.24, 2.45) is 4.99 Å². The summed E-state index contributed by atoms with van der Waals surface area (Å²) in [6.07, 6.45) is 4.27. The van der Waals surface area contributed by atoms with E-state index in [1.54, 1.807) is 18.1 Å². The second-order valence-corrected chi connectivity index (χ2v) is 7.42. The van der Waals surface area contributed by atoms with Crippen LogP contribution in [0.5, 0.6) is 0 Å². The van der Waals surface area contributed by atoms with Crippen LogP contribution < -0.4 is 15.5 Å². The fraction of sp³-hybridized carbons (Fsp3) is 0.286. The average molecular weight is 538 g/mol. The highest BCUT2D eigenvalue weighted by Gasteiger charge is 2.23. The third-order valence-corrected chi connectivity index (χ3v) is 5.24. The van der Waals surface area contributed by atoms with Crippen LogP contribution in [0.2, 0.25) is 5.02 Å². The largest absolute Gasteiger partial charge is 0.369 e. The fourth-order valence-electron chi connectivity index (χ4n) is 3.47. The van der Waals surface area contributed by atoms with Gasteiger partial charge in [0, 0.05) is 43.4 Å². The Morgan fingerprint density at radius 3 is 2.73 bits per heavy atom. The average Bonchev–Trinajstić information content (AvgIpc) is 3.44. The van der Waals surface area contributed by atoms with Crippen LogP contribution in [-0.4, -0.2) is 46.9 Å². The molecule has 7 nitrogen and oxygen atoms in total. The lowest BCUT2D eigenvalue weighted by Crippen LogP contribution is -2.44. The van der Waals surface area contributed by atoms with Crippen molar-refractivity contribution in [2.75, 3.05) is 25.0 Å². The van der Waals surface area contributed by atoms with Gasteiger partial charge in [-0.05, 0) is 42.3 Å². The van der Waals surface area contributed by atoms with E-state index in [-0.39, 0.29) is 24.0 Å². The summed E-state index contributed by atoms with van der Waals surface area (Å²) < 4.78 is 1.74. The maximum Gasteiger partial charge on any atom is 0.191 e. The van der Waals surface area contributed by atoms with Gasteiger partial charge in [0.2, 0.25) is 0 Å². The monoisotopic (exact) mass is 537 g/mol. The van der Waals surface area contributed by atoms with Crippen molar-refractivity contribution >= 4 is 47.2 Å². The minimum Gasteiger partial charge on any atom is -0.369 e. The van der Waals surface area contributed by atoms with Gasteiger partial charge in [0.1, 0.15) is 12.7 Å². The van der Waals surface area contributed by atoms with E-state index in [2.05, 4.69) is 48.8 Å². The summed E-state index contributed by atoms with van der Waals surface area (Å²) >= 11 is 6.13. The molecule has 1 aromatic heterocycles. The number of hydrogen-bond donors (Lipinski definition) is 2. The zero-order valence-corrected chi connectivity index (χ0v) is 19.8. The number of aromatic nitrogens is 3. The first-order valence-electron chi connectivity index (χ1n) is 9.63. The molecule has 2 N–H and O–H groups in total. The van der Waals surface area contributed by atoms with E-state index in [0.717, 1.165) is 41.9 Å². The van der Waals surface area contributed by atoms with Gasteiger partial charge in [-0.2, -0.15) is 5.10 Å². The molecule has 1 unspecified atom stereocenters. The second kappa shape index (κ2) is 10.6. The molecule has 0 spiro atoms. The molecule has 2 aromatic carbocycles. The summed E-state index contributed by atoms with van der Waals surface area (Å²) in [5.41, 5.74) is 3.32. The molecule has 30 heavy (non-hydrogen) atoms. The van der Waals surface area contributed by atoms with Crippen molar-refractivity contribution in [3.05, 3.63) is 71.8 Å². The van der Waals surface area contributed by atoms with Crippen LogP contribution in [0.3, 0.4) is 0 Å². The van der Waals surface area contributed by atoms with Gasteiger partial charge in [-0.3, -0.25) is 4.99 Å². The Morgan fingerprint density at radius 2 is 2.03 bits per heavy atom. The Morgan fingerprint density at radius 1 is 1.20 bits per heavy atom. The lowest BCUT2D eigenvalue weighted by atomic mass is 10.2. The van der Waals surface area contributed by atoms with E-state index >= 15 is 0 Å². The van der Waals surface area contributed by atoms with Crippen molar-refractivity contribution in [3.8, 4) is 5.69 Å². The third kappa shape index (κ3) is 5.63. The van der Waals surface area contributed by atoms with E-state index in [1.807, 2.05) is 30.3 Å². The summed E-state index contributed by atoms with van der Waals surface area (Å²) in [5.74, 6) is 0.809. The molecule has 1 aliphatic rings. The van der Waals surface area contributed by atoms with Gasteiger partial charge in [-0.25, -0.2) is 9.67 Å². The first-order chi connectivity index (χ1) is 14.2. The van der Waals surface area contributed by atoms with E-state index in [1.165, 1.54) is 11.9 Å². The highest BCUT2D eigenvalue weighted by atomic mass is 127. The second-order valence-electron chi connectivity index (χ2n) is 6.99. The first-order valence-corrected chi connectivity index (χ1v) is 10.0. The number of nitrogens with one attached hydrogen (secondary N) is 2. The van der Waals surface area contributed by atoms with Crippen LogP contribution in [0.1, 0.15) is 12.0 Å². The van der Waals surface area contributed by atoms with Gasteiger partial charge in [-0.1, -0.05) is 29.8 Å². The van der Waals surface area contributed by atoms with Gasteiger partial charge in [0.25, 0.3) is 0 Å². The maximum absolute atomic E-state index is 6.13. The topological polar surface area (TPSA) is 70.4 Å². The molecule has 2 heterocycles. The number of guanidine groups is 1. The minimum atomic E-state index is 0. The highest BCUT2D eigenvalue weighted by molar-refractivity contribution is 14.0. The van der Waals surface area contributed by atoms with E-state index in [4.69, 9.17) is 11.6 Å². The smallest absolute Gasteiger partial charge is 0.191 e. The highest BCUT2D eigenvalue weighted by Crippen LogP contribution is 2.23. The van der Waals surface area contributed by atoms with Crippen molar-refractivity contribution in [1.82, 2.24) is 25.4 Å². The number of halogens is 2. The van der Waals surface area contributed by atoms with Gasteiger partial charge < -0.3 is 15.5 Å². The van der Waals surface area contributed by atoms with Crippen molar-refractivity contribution in [3.63, 3.8) is 0 Å². The first kappa shape index (κ1) is 22.4. The van der Waals surface area contributed by atoms with Crippen molar-refractivity contribution < 1.29 is 0 Å². The predicted octanol–water partition coefficient (Wildman–Crippen LogP) is 3.48. The Labute approximate surface area is 198 Å². The molecule has 9 heteroatoms. The lowest BCUT2D eigenvalue weighted by molar-refractivity contribution is 0.648. The maximum atomic E-state index is 6.13. The molecule has 3 aromatic rings. The normalized spacial score (nSPS) is 16.3. The number of nitrogens with zero attached hydrogens (tertiary/aromatic N) is 5.